The molecule has 0 saturated carbocycles. The Morgan fingerprint density at radius 1 is 1.18 bits per heavy atom. The SMILES string of the molecule is CN=C(NCCCN(C)C)NCCc1c[nH]c2ccccc12. The zero-order valence-corrected chi connectivity index (χ0v) is 13.8. The van der Waals surface area contributed by atoms with Crippen LogP contribution in [0.2, 0.25) is 0 Å². The maximum atomic E-state index is 4.26. The van der Waals surface area contributed by atoms with E-state index in [4.69, 9.17) is 0 Å². The highest BCUT2D eigenvalue weighted by molar-refractivity contribution is 5.83. The Balaban J connectivity index is 1.74. The molecular weight excluding hydrogens is 274 g/mol. The quantitative estimate of drug-likeness (QED) is 0.415. The van der Waals surface area contributed by atoms with Crippen LogP contribution in [0.15, 0.2) is 35.5 Å². The van der Waals surface area contributed by atoms with Gasteiger partial charge in [0.2, 0.25) is 0 Å². The molecule has 22 heavy (non-hydrogen) atoms. The minimum Gasteiger partial charge on any atom is -0.361 e. The number of benzene rings is 1. The molecule has 0 aliphatic rings. The van der Waals surface area contributed by atoms with Crippen molar-refractivity contribution < 1.29 is 0 Å². The van der Waals surface area contributed by atoms with Gasteiger partial charge in [-0.2, -0.15) is 0 Å². The summed E-state index contributed by atoms with van der Waals surface area (Å²) in [5.41, 5.74) is 2.54. The first-order valence-corrected chi connectivity index (χ1v) is 7.85. The second kappa shape index (κ2) is 8.44. The Morgan fingerprint density at radius 3 is 2.73 bits per heavy atom. The summed E-state index contributed by atoms with van der Waals surface area (Å²) >= 11 is 0. The molecule has 0 amide bonds. The van der Waals surface area contributed by atoms with Gasteiger partial charge in [0, 0.05) is 37.2 Å². The highest BCUT2D eigenvalue weighted by Crippen LogP contribution is 2.17. The van der Waals surface area contributed by atoms with Crippen molar-refractivity contribution in [3.8, 4) is 0 Å². The van der Waals surface area contributed by atoms with E-state index < -0.39 is 0 Å². The molecule has 0 spiro atoms. The van der Waals surface area contributed by atoms with E-state index in [-0.39, 0.29) is 0 Å². The monoisotopic (exact) mass is 301 g/mol. The van der Waals surface area contributed by atoms with Crippen LogP contribution < -0.4 is 10.6 Å². The van der Waals surface area contributed by atoms with E-state index in [2.05, 4.69) is 70.1 Å². The van der Waals surface area contributed by atoms with Crippen molar-refractivity contribution in [2.75, 3.05) is 40.8 Å². The highest BCUT2D eigenvalue weighted by atomic mass is 15.2. The number of rotatable bonds is 7. The Hall–Kier alpha value is -2.01. The van der Waals surface area contributed by atoms with Gasteiger partial charge in [0.1, 0.15) is 0 Å². The topological polar surface area (TPSA) is 55.5 Å². The first-order chi connectivity index (χ1) is 10.7. The lowest BCUT2D eigenvalue weighted by atomic mass is 10.1. The number of guanidine groups is 1. The first-order valence-electron chi connectivity index (χ1n) is 7.85. The molecule has 5 heteroatoms. The normalized spacial score (nSPS) is 12.1. The van der Waals surface area contributed by atoms with Crippen LogP contribution in [0.1, 0.15) is 12.0 Å². The predicted molar refractivity (Wildman–Crippen MR) is 94.5 cm³/mol. The third kappa shape index (κ3) is 4.77. The van der Waals surface area contributed by atoms with Crippen LogP contribution in [0.5, 0.6) is 0 Å². The van der Waals surface area contributed by atoms with Crippen molar-refractivity contribution in [1.29, 1.82) is 0 Å². The Kier molecular flexibility index (Phi) is 6.27. The summed E-state index contributed by atoms with van der Waals surface area (Å²) in [4.78, 5) is 9.76. The van der Waals surface area contributed by atoms with Crippen LogP contribution in [0.3, 0.4) is 0 Å². The molecule has 0 radical (unpaired) electrons. The number of aliphatic imine (C=N–C) groups is 1. The maximum absolute atomic E-state index is 4.26. The van der Waals surface area contributed by atoms with Gasteiger partial charge in [0.05, 0.1) is 0 Å². The van der Waals surface area contributed by atoms with Gasteiger partial charge in [-0.15, -0.1) is 0 Å². The molecule has 0 aliphatic carbocycles. The molecule has 2 rings (SSSR count). The third-order valence-corrected chi connectivity index (χ3v) is 3.66. The second-order valence-corrected chi connectivity index (χ2v) is 5.69. The lowest BCUT2D eigenvalue weighted by Crippen LogP contribution is -2.39. The van der Waals surface area contributed by atoms with Crippen molar-refractivity contribution in [1.82, 2.24) is 20.5 Å². The predicted octanol–water partition coefficient (Wildman–Crippen LogP) is 1.83. The molecule has 0 saturated heterocycles. The van der Waals surface area contributed by atoms with Gasteiger partial charge >= 0.3 is 0 Å². The molecular formula is C17H27N5. The largest absolute Gasteiger partial charge is 0.361 e. The fourth-order valence-corrected chi connectivity index (χ4v) is 2.48. The summed E-state index contributed by atoms with van der Waals surface area (Å²) in [5.74, 6) is 0.874. The molecule has 1 heterocycles. The summed E-state index contributed by atoms with van der Waals surface area (Å²) < 4.78 is 0. The number of hydrogen-bond acceptors (Lipinski definition) is 2. The molecule has 120 valence electrons. The Morgan fingerprint density at radius 2 is 1.95 bits per heavy atom. The van der Waals surface area contributed by atoms with Gasteiger partial charge in [-0.05, 0) is 45.1 Å². The molecule has 1 aromatic carbocycles. The number of aromatic nitrogens is 1. The van der Waals surface area contributed by atoms with E-state index in [1.165, 1.54) is 16.5 Å². The van der Waals surface area contributed by atoms with Crippen LogP contribution in [0.4, 0.5) is 0 Å². The smallest absolute Gasteiger partial charge is 0.190 e. The van der Waals surface area contributed by atoms with Gasteiger partial charge in [0.15, 0.2) is 5.96 Å². The molecule has 0 unspecified atom stereocenters. The molecule has 5 nitrogen and oxygen atoms in total. The van der Waals surface area contributed by atoms with E-state index in [1.54, 1.807) is 0 Å². The lowest BCUT2D eigenvalue weighted by molar-refractivity contribution is 0.399. The zero-order valence-electron chi connectivity index (χ0n) is 13.8. The van der Waals surface area contributed by atoms with Crippen LogP contribution in [-0.4, -0.2) is 56.6 Å². The van der Waals surface area contributed by atoms with Crippen molar-refractivity contribution in [3.05, 3.63) is 36.0 Å². The van der Waals surface area contributed by atoms with Gasteiger partial charge in [-0.3, -0.25) is 4.99 Å². The number of fused-ring (bicyclic) bond motifs is 1. The van der Waals surface area contributed by atoms with Crippen molar-refractivity contribution >= 4 is 16.9 Å². The average Bonchev–Trinajstić information content (AvgIpc) is 2.93. The summed E-state index contributed by atoms with van der Waals surface area (Å²) in [5, 5.41) is 8.02. The first kappa shape index (κ1) is 16.4. The van der Waals surface area contributed by atoms with Gasteiger partial charge in [0.25, 0.3) is 0 Å². The van der Waals surface area contributed by atoms with Crippen molar-refractivity contribution in [3.63, 3.8) is 0 Å². The number of nitrogens with zero attached hydrogens (tertiary/aromatic N) is 2. The molecule has 1 aromatic heterocycles. The summed E-state index contributed by atoms with van der Waals surface area (Å²) in [7, 11) is 6.00. The minimum atomic E-state index is 0.870. The zero-order chi connectivity index (χ0) is 15.8. The standard InChI is InChI=1S/C17H27N5/c1-18-17(19-10-6-12-22(2)3)20-11-9-14-13-21-16-8-5-4-7-15(14)16/h4-5,7-8,13,21H,6,9-12H2,1-3H3,(H2,18,19,20). The molecule has 2 aromatic rings. The van der Waals surface area contributed by atoms with Crippen LogP contribution in [0.25, 0.3) is 10.9 Å². The summed E-state index contributed by atoms with van der Waals surface area (Å²) in [6.07, 6.45) is 4.18. The summed E-state index contributed by atoms with van der Waals surface area (Å²) in [6, 6.07) is 8.41. The number of nitrogens with one attached hydrogen (secondary N) is 3. The van der Waals surface area contributed by atoms with Gasteiger partial charge in [-0.25, -0.2) is 0 Å². The molecule has 0 atom stereocenters. The molecule has 0 aliphatic heterocycles. The van der Waals surface area contributed by atoms with E-state index >= 15 is 0 Å². The number of H-pyrrole nitrogens is 1. The third-order valence-electron chi connectivity index (χ3n) is 3.66. The van der Waals surface area contributed by atoms with E-state index in [0.29, 0.717) is 0 Å². The maximum Gasteiger partial charge on any atom is 0.190 e. The van der Waals surface area contributed by atoms with Crippen LogP contribution in [0, 0.1) is 0 Å². The number of aromatic amines is 1. The lowest BCUT2D eigenvalue weighted by Gasteiger charge is -2.13. The van der Waals surface area contributed by atoms with Gasteiger partial charge in [-0.1, -0.05) is 18.2 Å². The molecule has 0 fully saturated rings. The van der Waals surface area contributed by atoms with Crippen molar-refractivity contribution in [2.45, 2.75) is 12.8 Å². The Labute approximate surface area is 132 Å². The highest BCUT2D eigenvalue weighted by Gasteiger charge is 2.03. The fraction of sp³-hybridized carbons (Fsp3) is 0.471. The van der Waals surface area contributed by atoms with E-state index in [0.717, 1.165) is 38.4 Å². The van der Waals surface area contributed by atoms with Crippen LogP contribution >= 0.6 is 0 Å². The molecule has 0 bridgehead atoms. The fourth-order valence-electron chi connectivity index (χ4n) is 2.48. The minimum absolute atomic E-state index is 0.870. The summed E-state index contributed by atoms with van der Waals surface area (Å²) in [6.45, 7) is 2.89. The van der Waals surface area contributed by atoms with Crippen molar-refractivity contribution in [2.24, 2.45) is 4.99 Å². The molecule has 3 N–H and O–H groups in total. The number of para-hydroxylation sites is 1. The number of hydrogen-bond donors (Lipinski definition) is 3. The van der Waals surface area contributed by atoms with Crippen LogP contribution in [-0.2, 0) is 6.42 Å². The average molecular weight is 301 g/mol. The van der Waals surface area contributed by atoms with E-state index in [1.807, 2.05) is 7.05 Å². The van der Waals surface area contributed by atoms with Gasteiger partial charge < -0.3 is 20.5 Å². The Bertz CT molecular complexity index is 600. The van der Waals surface area contributed by atoms with E-state index in [9.17, 15) is 0 Å². The second-order valence-electron chi connectivity index (χ2n) is 5.69.